The molecule has 0 saturated carbocycles. The highest BCUT2D eigenvalue weighted by Crippen LogP contribution is 2.30. The third-order valence-electron chi connectivity index (χ3n) is 3.11. The number of hydrogen-bond donors (Lipinski definition) is 2. The van der Waals surface area contributed by atoms with E-state index in [0.717, 1.165) is 15.6 Å². The van der Waals surface area contributed by atoms with Gasteiger partial charge in [0.05, 0.1) is 22.3 Å². The minimum Gasteiger partial charge on any atom is -0.477 e. The third kappa shape index (κ3) is 4.31. The Kier molecular flexibility index (Phi) is 6.07. The van der Waals surface area contributed by atoms with Gasteiger partial charge in [-0.2, -0.15) is 4.31 Å². The van der Waals surface area contributed by atoms with Gasteiger partial charge in [0.25, 0.3) is 0 Å². The largest absolute Gasteiger partial charge is 0.477 e. The van der Waals surface area contributed by atoms with Gasteiger partial charge in [0.2, 0.25) is 15.9 Å². The molecule has 0 saturated heterocycles. The molecule has 1 heterocycles. The lowest BCUT2D eigenvalue weighted by Gasteiger charge is -2.17. The topological polar surface area (TPSA) is 104 Å². The van der Waals surface area contributed by atoms with Gasteiger partial charge in [0, 0.05) is 7.05 Å². The molecule has 0 aliphatic heterocycles. The number of nitrogens with zero attached hydrogens (tertiary/aromatic N) is 1. The van der Waals surface area contributed by atoms with Crippen molar-refractivity contribution >= 4 is 62.1 Å². The second kappa shape index (κ2) is 7.71. The molecule has 0 fully saturated rings. The summed E-state index contributed by atoms with van der Waals surface area (Å²) in [4.78, 5) is 22.5. The van der Waals surface area contributed by atoms with E-state index in [0.29, 0.717) is 0 Å². The zero-order valence-electron chi connectivity index (χ0n) is 12.7. The quantitative estimate of drug-likeness (QED) is 0.744. The molecular formula is C14H12Cl2N2O5S2. The summed E-state index contributed by atoms with van der Waals surface area (Å²) in [5.41, 5.74) is 0.170. The average Bonchev–Trinajstić information content (AvgIpc) is 3.01. The summed E-state index contributed by atoms with van der Waals surface area (Å²) >= 11 is 12.7. The lowest BCUT2D eigenvalue weighted by atomic mass is 10.3. The van der Waals surface area contributed by atoms with Gasteiger partial charge in [0.15, 0.2) is 0 Å². The number of carboxylic acids is 1. The van der Waals surface area contributed by atoms with Crippen molar-refractivity contribution in [2.45, 2.75) is 4.90 Å². The van der Waals surface area contributed by atoms with E-state index < -0.39 is 28.4 Å². The number of sulfonamides is 1. The highest BCUT2D eigenvalue weighted by Gasteiger charge is 2.29. The van der Waals surface area contributed by atoms with Crippen LogP contribution in [0.5, 0.6) is 0 Å². The van der Waals surface area contributed by atoms with Crippen LogP contribution in [0.3, 0.4) is 0 Å². The Morgan fingerprint density at radius 3 is 2.40 bits per heavy atom. The van der Waals surface area contributed by atoms with Crippen LogP contribution in [-0.2, 0) is 14.8 Å². The summed E-state index contributed by atoms with van der Waals surface area (Å²) in [6, 6.07) is 5.83. The summed E-state index contributed by atoms with van der Waals surface area (Å²) in [5, 5.41) is 13.3. The first kappa shape index (κ1) is 19.7. The maximum atomic E-state index is 12.5. The Morgan fingerprint density at radius 1 is 1.24 bits per heavy atom. The smallest absolute Gasteiger partial charge is 0.347 e. The lowest BCUT2D eigenvalue weighted by molar-refractivity contribution is -0.116. The first-order chi connectivity index (χ1) is 11.6. The highest BCUT2D eigenvalue weighted by atomic mass is 35.5. The third-order valence-corrected chi connectivity index (χ3v) is 6.61. The standard InChI is InChI=1S/C14H12Cl2N2O5S2/c1-18(25(22,23)10-5-6-24-13(10)14(20)21)7-11(19)17-12-8(15)3-2-4-9(12)16/h2-6H,7H2,1H3,(H,17,19)(H,20,21). The number of likely N-dealkylation sites (N-methyl/N-ethyl adjacent to an activating group) is 1. The number of carbonyl (C=O) groups excluding carboxylic acids is 1. The molecule has 7 nitrogen and oxygen atoms in total. The SMILES string of the molecule is CN(CC(=O)Nc1c(Cl)cccc1Cl)S(=O)(=O)c1ccsc1C(=O)O. The van der Waals surface area contributed by atoms with E-state index in [1.807, 2.05) is 0 Å². The predicted molar refractivity (Wildman–Crippen MR) is 96.2 cm³/mol. The van der Waals surface area contributed by atoms with Crippen molar-refractivity contribution in [2.24, 2.45) is 0 Å². The zero-order valence-corrected chi connectivity index (χ0v) is 15.8. The molecule has 0 radical (unpaired) electrons. The number of hydrogen-bond acceptors (Lipinski definition) is 5. The van der Waals surface area contributed by atoms with Crippen LogP contribution in [0.4, 0.5) is 5.69 Å². The van der Waals surface area contributed by atoms with Crippen LogP contribution in [0.15, 0.2) is 34.5 Å². The number of aromatic carboxylic acids is 1. The van der Waals surface area contributed by atoms with Crippen LogP contribution in [0.2, 0.25) is 10.0 Å². The maximum absolute atomic E-state index is 12.5. The number of rotatable bonds is 6. The normalized spacial score (nSPS) is 11.5. The van der Waals surface area contributed by atoms with E-state index in [-0.39, 0.29) is 25.5 Å². The van der Waals surface area contributed by atoms with Crippen LogP contribution in [0.1, 0.15) is 9.67 Å². The van der Waals surface area contributed by atoms with Crippen molar-refractivity contribution in [3.63, 3.8) is 0 Å². The number of benzene rings is 1. The minimum absolute atomic E-state index is 0.170. The van der Waals surface area contributed by atoms with Crippen LogP contribution < -0.4 is 5.32 Å². The second-order valence-electron chi connectivity index (χ2n) is 4.83. The van der Waals surface area contributed by atoms with Crippen LogP contribution >= 0.6 is 34.5 Å². The molecule has 134 valence electrons. The summed E-state index contributed by atoms with van der Waals surface area (Å²) in [7, 11) is -2.97. The molecule has 0 aliphatic rings. The van der Waals surface area contributed by atoms with Gasteiger partial charge in [0.1, 0.15) is 9.77 Å². The van der Waals surface area contributed by atoms with Crippen molar-refractivity contribution in [2.75, 3.05) is 18.9 Å². The fourth-order valence-electron chi connectivity index (χ4n) is 1.91. The van der Waals surface area contributed by atoms with E-state index in [9.17, 15) is 18.0 Å². The number of carbonyl (C=O) groups is 2. The van der Waals surface area contributed by atoms with Crippen LogP contribution in [0, 0.1) is 0 Å². The number of anilines is 1. The molecule has 0 bridgehead atoms. The number of thiophene rings is 1. The molecule has 1 aromatic carbocycles. The van der Waals surface area contributed by atoms with Crippen molar-refractivity contribution in [1.29, 1.82) is 0 Å². The Morgan fingerprint density at radius 2 is 1.84 bits per heavy atom. The first-order valence-corrected chi connectivity index (χ1v) is 9.73. The van der Waals surface area contributed by atoms with Crippen molar-refractivity contribution in [3.8, 4) is 0 Å². The number of amides is 1. The predicted octanol–water partition coefficient (Wildman–Crippen LogP) is 3.01. The van der Waals surface area contributed by atoms with Crippen molar-refractivity contribution < 1.29 is 23.1 Å². The first-order valence-electron chi connectivity index (χ1n) is 6.65. The summed E-state index contributed by atoms with van der Waals surface area (Å²) < 4.78 is 25.7. The number of para-hydroxylation sites is 1. The molecule has 25 heavy (non-hydrogen) atoms. The Labute approximate surface area is 157 Å². The summed E-state index contributed by atoms with van der Waals surface area (Å²) in [5.74, 6) is -2.03. The summed E-state index contributed by atoms with van der Waals surface area (Å²) in [6.07, 6.45) is 0. The minimum atomic E-state index is -4.14. The van der Waals surface area contributed by atoms with Crippen LogP contribution in [0.25, 0.3) is 0 Å². The fraction of sp³-hybridized carbons (Fsp3) is 0.143. The van der Waals surface area contributed by atoms with Gasteiger partial charge in [-0.3, -0.25) is 4.79 Å². The Hall–Kier alpha value is -1.65. The van der Waals surface area contributed by atoms with Gasteiger partial charge < -0.3 is 10.4 Å². The molecular weight excluding hydrogens is 411 g/mol. The Bertz CT molecular complexity index is 907. The summed E-state index contributed by atoms with van der Waals surface area (Å²) in [6.45, 7) is -0.543. The van der Waals surface area contributed by atoms with Crippen molar-refractivity contribution in [1.82, 2.24) is 4.31 Å². The number of carboxylic acid groups (broad SMARTS) is 1. The van der Waals surface area contributed by atoms with Gasteiger partial charge in [-0.15, -0.1) is 11.3 Å². The van der Waals surface area contributed by atoms with E-state index in [4.69, 9.17) is 28.3 Å². The van der Waals surface area contributed by atoms with Crippen molar-refractivity contribution in [3.05, 3.63) is 44.6 Å². The fourth-order valence-corrected chi connectivity index (χ4v) is 4.76. The molecule has 0 aliphatic carbocycles. The van der Waals surface area contributed by atoms with E-state index in [1.165, 1.54) is 30.6 Å². The lowest BCUT2D eigenvalue weighted by Crippen LogP contribution is -2.35. The van der Waals surface area contributed by atoms with E-state index in [2.05, 4.69) is 5.32 Å². The van der Waals surface area contributed by atoms with Gasteiger partial charge >= 0.3 is 5.97 Å². The molecule has 0 unspecified atom stereocenters. The average molecular weight is 423 g/mol. The second-order valence-corrected chi connectivity index (χ2v) is 8.57. The molecule has 0 spiro atoms. The van der Waals surface area contributed by atoms with Gasteiger partial charge in [-0.25, -0.2) is 13.2 Å². The molecule has 2 rings (SSSR count). The van der Waals surface area contributed by atoms with E-state index in [1.54, 1.807) is 6.07 Å². The molecule has 11 heteroatoms. The molecule has 2 aromatic rings. The van der Waals surface area contributed by atoms with Gasteiger partial charge in [-0.1, -0.05) is 29.3 Å². The molecule has 1 amide bonds. The molecule has 2 N–H and O–H groups in total. The monoisotopic (exact) mass is 422 g/mol. The Balaban J connectivity index is 2.18. The molecule has 0 atom stereocenters. The maximum Gasteiger partial charge on any atom is 0.347 e. The van der Waals surface area contributed by atoms with E-state index >= 15 is 0 Å². The number of nitrogens with one attached hydrogen (secondary N) is 1. The van der Waals surface area contributed by atoms with Crippen LogP contribution in [-0.4, -0.2) is 43.3 Å². The number of halogens is 2. The zero-order chi connectivity index (χ0) is 18.8. The molecule has 1 aromatic heterocycles. The van der Waals surface area contributed by atoms with Gasteiger partial charge in [-0.05, 0) is 23.6 Å². The highest BCUT2D eigenvalue weighted by molar-refractivity contribution is 7.89.